The highest BCUT2D eigenvalue weighted by Crippen LogP contribution is 2.27. The number of ether oxygens (including phenoxy) is 2. The van der Waals surface area contributed by atoms with E-state index >= 15 is 0 Å². The zero-order valence-electron chi connectivity index (χ0n) is 11.0. The van der Waals surface area contributed by atoms with E-state index in [-0.39, 0.29) is 0 Å². The van der Waals surface area contributed by atoms with E-state index in [0.29, 0.717) is 36.8 Å². The molecule has 0 amide bonds. The first-order valence-corrected chi connectivity index (χ1v) is 6.58. The number of carbonyl (C=O) groups is 1. The predicted octanol–water partition coefficient (Wildman–Crippen LogP) is 2.95. The lowest BCUT2D eigenvalue weighted by atomic mass is 9.96. The topological polar surface area (TPSA) is 55.8 Å². The van der Waals surface area contributed by atoms with Crippen LogP contribution >= 0.6 is 11.6 Å². The van der Waals surface area contributed by atoms with Gasteiger partial charge in [-0.3, -0.25) is 4.79 Å². The smallest absolute Gasteiger partial charge is 0.311 e. The Morgan fingerprint density at radius 3 is 2.68 bits per heavy atom. The minimum absolute atomic E-state index is 0.395. The molecule has 0 saturated heterocycles. The van der Waals surface area contributed by atoms with Crippen molar-refractivity contribution in [2.24, 2.45) is 0 Å². The van der Waals surface area contributed by atoms with E-state index in [9.17, 15) is 9.90 Å². The highest BCUT2D eigenvalue weighted by atomic mass is 35.5. The molecule has 5 heteroatoms. The summed E-state index contributed by atoms with van der Waals surface area (Å²) in [5.41, 5.74) is 0.636. The summed E-state index contributed by atoms with van der Waals surface area (Å²) in [7, 11) is 1.64. The number of benzene rings is 1. The lowest BCUT2D eigenvalue weighted by molar-refractivity contribution is -0.139. The molecule has 1 aromatic carbocycles. The second kappa shape index (κ2) is 8.91. The van der Waals surface area contributed by atoms with Gasteiger partial charge >= 0.3 is 5.97 Å². The fraction of sp³-hybridized carbons (Fsp3) is 0.500. The fourth-order valence-corrected chi connectivity index (χ4v) is 2.05. The first-order valence-electron chi connectivity index (χ1n) is 6.20. The van der Waals surface area contributed by atoms with Crippen LogP contribution in [0.2, 0.25) is 5.02 Å². The van der Waals surface area contributed by atoms with E-state index in [1.165, 1.54) is 0 Å². The molecule has 0 spiro atoms. The molecule has 1 unspecified atom stereocenters. The number of aliphatic carboxylic acids is 1. The predicted molar refractivity (Wildman–Crippen MR) is 73.8 cm³/mol. The van der Waals surface area contributed by atoms with Crippen LogP contribution in [-0.4, -0.2) is 38.0 Å². The van der Waals surface area contributed by atoms with Crippen molar-refractivity contribution in [1.82, 2.24) is 0 Å². The third-order valence-corrected chi connectivity index (χ3v) is 3.11. The molecule has 106 valence electrons. The summed E-state index contributed by atoms with van der Waals surface area (Å²) < 4.78 is 10.3. The Kier molecular flexibility index (Phi) is 7.48. The lowest BCUT2D eigenvalue weighted by Gasteiger charge is -2.14. The molecule has 0 aromatic heterocycles. The van der Waals surface area contributed by atoms with Gasteiger partial charge in [0.2, 0.25) is 0 Å². The minimum Gasteiger partial charge on any atom is -0.481 e. The van der Waals surface area contributed by atoms with Crippen molar-refractivity contribution in [3.05, 3.63) is 34.9 Å². The molecule has 0 bridgehead atoms. The largest absolute Gasteiger partial charge is 0.481 e. The van der Waals surface area contributed by atoms with Gasteiger partial charge in [-0.1, -0.05) is 29.8 Å². The molecule has 19 heavy (non-hydrogen) atoms. The quantitative estimate of drug-likeness (QED) is 0.709. The summed E-state index contributed by atoms with van der Waals surface area (Å²) in [6, 6.07) is 7.01. The van der Waals surface area contributed by atoms with Crippen molar-refractivity contribution in [2.75, 3.05) is 26.9 Å². The van der Waals surface area contributed by atoms with Crippen LogP contribution in [0.15, 0.2) is 24.3 Å². The monoisotopic (exact) mass is 286 g/mol. The average molecular weight is 287 g/mol. The molecule has 0 saturated carbocycles. The summed E-state index contributed by atoms with van der Waals surface area (Å²) in [6.07, 6.45) is 1.21. The van der Waals surface area contributed by atoms with E-state index in [1.807, 2.05) is 0 Å². The number of rotatable bonds is 9. The van der Waals surface area contributed by atoms with Crippen LogP contribution < -0.4 is 0 Å². The van der Waals surface area contributed by atoms with Crippen LogP contribution in [0.5, 0.6) is 0 Å². The van der Waals surface area contributed by atoms with Crippen LogP contribution in [0.4, 0.5) is 0 Å². The Balaban J connectivity index is 2.46. The molecular weight excluding hydrogens is 268 g/mol. The number of hydrogen-bond donors (Lipinski definition) is 1. The number of halogens is 1. The zero-order valence-corrected chi connectivity index (χ0v) is 11.7. The second-order valence-corrected chi connectivity index (χ2v) is 4.57. The Morgan fingerprint density at radius 1 is 1.32 bits per heavy atom. The number of carboxylic acids is 1. The molecule has 0 aliphatic heterocycles. The standard InChI is InChI=1S/C14H19ClO4/c1-18-8-4-9-19-10-7-12(14(16)17)11-5-2-3-6-13(11)15/h2-3,5-6,12H,4,7-10H2,1H3,(H,16,17). The van der Waals surface area contributed by atoms with Crippen molar-refractivity contribution in [3.8, 4) is 0 Å². The number of methoxy groups -OCH3 is 1. The number of hydrogen-bond acceptors (Lipinski definition) is 3. The maximum Gasteiger partial charge on any atom is 0.311 e. The van der Waals surface area contributed by atoms with Crippen LogP contribution in [0.25, 0.3) is 0 Å². The molecule has 0 aliphatic rings. The molecule has 1 rings (SSSR count). The molecule has 0 aliphatic carbocycles. The molecule has 0 radical (unpaired) electrons. The third-order valence-electron chi connectivity index (χ3n) is 2.77. The highest BCUT2D eigenvalue weighted by Gasteiger charge is 2.21. The Morgan fingerprint density at radius 2 is 2.05 bits per heavy atom. The van der Waals surface area contributed by atoms with Gasteiger partial charge in [-0.25, -0.2) is 0 Å². The Labute approximate surface area is 118 Å². The molecule has 1 atom stereocenters. The van der Waals surface area contributed by atoms with E-state index in [2.05, 4.69) is 0 Å². The molecule has 4 nitrogen and oxygen atoms in total. The van der Waals surface area contributed by atoms with Crippen LogP contribution in [-0.2, 0) is 14.3 Å². The van der Waals surface area contributed by atoms with Crippen LogP contribution in [0.1, 0.15) is 24.3 Å². The van der Waals surface area contributed by atoms with Crippen molar-refractivity contribution in [2.45, 2.75) is 18.8 Å². The maximum absolute atomic E-state index is 11.3. The lowest BCUT2D eigenvalue weighted by Crippen LogP contribution is -2.15. The van der Waals surface area contributed by atoms with Gasteiger partial charge in [0, 0.05) is 32.0 Å². The van der Waals surface area contributed by atoms with Gasteiger partial charge in [0.05, 0.1) is 5.92 Å². The first kappa shape index (κ1) is 16.0. The Hall–Kier alpha value is -1.10. The fourth-order valence-electron chi connectivity index (χ4n) is 1.78. The Bertz CT molecular complexity index is 395. The third kappa shape index (κ3) is 5.59. The zero-order chi connectivity index (χ0) is 14.1. The second-order valence-electron chi connectivity index (χ2n) is 4.16. The van der Waals surface area contributed by atoms with Crippen molar-refractivity contribution in [1.29, 1.82) is 0 Å². The van der Waals surface area contributed by atoms with E-state index in [0.717, 1.165) is 6.42 Å². The highest BCUT2D eigenvalue weighted by molar-refractivity contribution is 6.31. The van der Waals surface area contributed by atoms with Gasteiger partial charge in [0.25, 0.3) is 0 Å². The first-order chi connectivity index (χ1) is 9.16. The van der Waals surface area contributed by atoms with E-state index < -0.39 is 11.9 Å². The maximum atomic E-state index is 11.3. The van der Waals surface area contributed by atoms with Gasteiger partial charge < -0.3 is 14.6 Å². The van der Waals surface area contributed by atoms with Gasteiger partial charge in [0.15, 0.2) is 0 Å². The summed E-state index contributed by atoms with van der Waals surface area (Å²) in [5.74, 6) is -1.51. The minimum atomic E-state index is -0.881. The van der Waals surface area contributed by atoms with E-state index in [4.69, 9.17) is 21.1 Å². The van der Waals surface area contributed by atoms with Crippen LogP contribution in [0, 0.1) is 0 Å². The van der Waals surface area contributed by atoms with Gasteiger partial charge in [-0.2, -0.15) is 0 Å². The number of carboxylic acid groups (broad SMARTS) is 1. The van der Waals surface area contributed by atoms with Crippen molar-refractivity contribution >= 4 is 17.6 Å². The summed E-state index contributed by atoms with van der Waals surface area (Å²) in [6.45, 7) is 1.61. The van der Waals surface area contributed by atoms with Crippen molar-refractivity contribution in [3.63, 3.8) is 0 Å². The van der Waals surface area contributed by atoms with Gasteiger partial charge in [-0.05, 0) is 24.5 Å². The molecule has 1 N–H and O–H groups in total. The van der Waals surface area contributed by atoms with E-state index in [1.54, 1.807) is 31.4 Å². The summed E-state index contributed by atoms with van der Waals surface area (Å²) >= 11 is 6.02. The van der Waals surface area contributed by atoms with Crippen molar-refractivity contribution < 1.29 is 19.4 Å². The van der Waals surface area contributed by atoms with Gasteiger partial charge in [-0.15, -0.1) is 0 Å². The average Bonchev–Trinajstić information content (AvgIpc) is 2.39. The molecule has 1 aromatic rings. The molecule has 0 fully saturated rings. The SMILES string of the molecule is COCCCOCCC(C(=O)O)c1ccccc1Cl. The summed E-state index contributed by atoms with van der Waals surface area (Å²) in [5, 5.41) is 9.74. The summed E-state index contributed by atoms with van der Waals surface area (Å²) in [4.78, 5) is 11.3. The van der Waals surface area contributed by atoms with Gasteiger partial charge in [0.1, 0.15) is 0 Å². The van der Waals surface area contributed by atoms with Crippen LogP contribution in [0.3, 0.4) is 0 Å². The molecule has 0 heterocycles. The molecular formula is C14H19ClO4. The normalized spacial score (nSPS) is 12.3.